The Morgan fingerprint density at radius 3 is 3.15 bits per heavy atom. The number of rotatable bonds is 6. The lowest BCUT2D eigenvalue weighted by Crippen LogP contribution is -2.20. The molecule has 0 unspecified atom stereocenters. The smallest absolute Gasteiger partial charge is 0.215 e. The van der Waals surface area contributed by atoms with E-state index in [4.69, 9.17) is 20.6 Å². The number of nitrogens with zero attached hydrogens (tertiary/aromatic N) is 1. The van der Waals surface area contributed by atoms with E-state index in [0.29, 0.717) is 0 Å². The number of aromatic amines is 1. The highest BCUT2D eigenvalue weighted by atomic mass is 32.2. The molecule has 2 aromatic rings. The maximum absolute atomic E-state index is 12.5. The van der Waals surface area contributed by atoms with Crippen molar-refractivity contribution in [1.82, 2.24) is 14.6 Å². The average molecular weight is 310 g/mol. The quantitative estimate of drug-likeness (QED) is 0.846. The van der Waals surface area contributed by atoms with Crippen LogP contribution in [0.5, 0.6) is 0 Å². The van der Waals surface area contributed by atoms with Crippen molar-refractivity contribution in [1.29, 1.82) is 0 Å². The number of benzene rings is 1. The summed E-state index contributed by atoms with van der Waals surface area (Å²) in [5, 5.41) is -0.679. The van der Waals surface area contributed by atoms with Gasteiger partial charge < -0.3 is 9.88 Å². The van der Waals surface area contributed by atoms with Gasteiger partial charge in [-0.3, -0.25) is 0 Å². The molecule has 0 amide bonds. The van der Waals surface area contributed by atoms with Crippen molar-refractivity contribution in [2.24, 2.45) is 0 Å². The zero-order valence-corrected chi connectivity index (χ0v) is 11.1. The zero-order chi connectivity index (χ0) is 27.7. The number of nitrogens with one attached hydrogen (secondary N) is 2. The van der Waals surface area contributed by atoms with Crippen molar-refractivity contribution in [3.63, 3.8) is 0 Å². The van der Waals surface area contributed by atoms with E-state index in [-0.39, 0.29) is 4.90 Å². The summed E-state index contributed by atoms with van der Waals surface area (Å²) in [6.45, 7) is -9.74. The van der Waals surface area contributed by atoms with Gasteiger partial charge in [-0.2, -0.15) is 0 Å². The lowest BCUT2D eigenvalue weighted by atomic mass is 10.1. The molecule has 1 heterocycles. The van der Waals surface area contributed by atoms with Crippen molar-refractivity contribution in [2.75, 3.05) is 27.5 Å². The molecule has 0 aliphatic carbocycles. The predicted octanol–water partition coefficient (Wildman–Crippen LogP) is 1.32. The molecule has 0 fully saturated rings. The third kappa shape index (κ3) is 3.59. The Kier molecular flexibility index (Phi) is 1.44. The third-order valence-electron chi connectivity index (χ3n) is 2.17. The zero-order valence-electron chi connectivity index (χ0n) is 25.2. The molecule has 0 aliphatic rings. The molecule has 0 saturated carbocycles. The highest BCUT2D eigenvalue weighted by molar-refractivity contribution is 7.88. The topological polar surface area (TPSA) is 65.2 Å². The summed E-state index contributed by atoms with van der Waals surface area (Å²) >= 11 is 0. The van der Waals surface area contributed by atoms with Crippen LogP contribution in [0.25, 0.3) is 10.9 Å². The summed E-state index contributed by atoms with van der Waals surface area (Å²) in [5.41, 5.74) is -6.24. The van der Waals surface area contributed by atoms with Crippen molar-refractivity contribution in [3.05, 3.63) is 35.5 Å². The maximum atomic E-state index is 12.5. The second-order valence-corrected chi connectivity index (χ2v) is 5.12. The first-order chi connectivity index (χ1) is 15.3. The fraction of sp³-hybridized carbons (Fsp3) is 0.429. The number of hydrogen-bond donors (Lipinski definition) is 2. The molecular formula is C14H21N3O2S. The Morgan fingerprint density at radius 1 is 1.55 bits per heavy atom. The van der Waals surface area contributed by atoms with E-state index in [9.17, 15) is 8.42 Å². The second kappa shape index (κ2) is 5.95. The van der Waals surface area contributed by atoms with Crippen LogP contribution >= 0.6 is 0 Å². The van der Waals surface area contributed by atoms with E-state index in [1.807, 2.05) is 0 Å². The van der Waals surface area contributed by atoms with Gasteiger partial charge in [0, 0.05) is 40.0 Å². The molecule has 5 nitrogen and oxygen atoms in total. The summed E-state index contributed by atoms with van der Waals surface area (Å²) in [6, 6.07) is -3.12. The van der Waals surface area contributed by atoms with Gasteiger partial charge in [0.15, 0.2) is 0 Å². The summed E-state index contributed by atoms with van der Waals surface area (Å²) in [7, 11) is -4.67. The Labute approximate surface area is 141 Å². The molecule has 1 aromatic carbocycles. The standard InChI is InChI=1S/C14H21N3O2S/c1-15-20(18,19)10-11-4-5-14-13(8-11)12(9-16-14)6-7-17(2)3/h4-5,8-9,15-16H,6-7,10H2,1-3H3/i1D3,2D3,4D,5D,6D2,7D2,8D,10D2. The Hall–Kier alpha value is -1.37. The van der Waals surface area contributed by atoms with Gasteiger partial charge in [-0.15, -0.1) is 0 Å². The molecule has 0 atom stereocenters. The molecule has 0 radical (unpaired) electrons. The summed E-state index contributed by atoms with van der Waals surface area (Å²) in [5.74, 6) is 0. The lowest BCUT2D eigenvalue weighted by Gasteiger charge is -2.08. The number of H-pyrrole nitrogens is 1. The van der Waals surface area contributed by atoms with Gasteiger partial charge in [0.2, 0.25) is 10.0 Å². The van der Waals surface area contributed by atoms with Crippen LogP contribution in [-0.2, 0) is 22.1 Å². The highest BCUT2D eigenvalue weighted by Gasteiger charge is 2.11. The molecule has 1 aromatic heterocycles. The SMILES string of the molecule is [2H]c1c(C([2H])([2H])S(=O)(=O)NC([2H])([2H])[2H])c([2H])c2c(C([2H])([2H])C([2H])([2H])N(C)C([2H])([2H])[2H])c[nH]c2c1[2H]. The fourth-order valence-corrected chi connectivity index (χ4v) is 1.81. The number of sulfonamides is 1. The van der Waals surface area contributed by atoms with Crippen molar-refractivity contribution >= 4 is 20.9 Å². The Morgan fingerprint density at radius 2 is 2.40 bits per heavy atom. The normalized spacial score (nSPS) is 26.8. The van der Waals surface area contributed by atoms with Crippen LogP contribution < -0.4 is 4.72 Å². The van der Waals surface area contributed by atoms with E-state index in [1.165, 1.54) is 0 Å². The molecule has 6 heteroatoms. The van der Waals surface area contributed by atoms with Gasteiger partial charge in [-0.05, 0) is 50.6 Å². The van der Waals surface area contributed by atoms with Crippen LogP contribution in [0.15, 0.2) is 24.3 Å². The van der Waals surface area contributed by atoms with Gasteiger partial charge in [0.1, 0.15) is 0 Å². The Bertz CT molecular complexity index is 1250. The minimum Gasteiger partial charge on any atom is -0.361 e. The van der Waals surface area contributed by atoms with Gasteiger partial charge in [-0.25, -0.2) is 13.1 Å². The third-order valence-corrected chi connectivity index (χ3v) is 2.91. The molecule has 2 rings (SSSR count). The molecule has 2 N–H and O–H groups in total. The first-order valence-electron chi connectivity index (χ1n) is 12.7. The van der Waals surface area contributed by atoms with E-state index in [1.54, 1.807) is 0 Å². The summed E-state index contributed by atoms with van der Waals surface area (Å²) in [4.78, 5) is 2.50. The molecule has 0 bridgehead atoms. The molecule has 20 heavy (non-hydrogen) atoms. The van der Waals surface area contributed by atoms with E-state index >= 15 is 0 Å². The van der Waals surface area contributed by atoms with Crippen LogP contribution in [0.4, 0.5) is 0 Å². The van der Waals surface area contributed by atoms with Gasteiger partial charge in [0.05, 0.1) is 9.82 Å². The van der Waals surface area contributed by atoms with E-state index in [0.717, 1.165) is 18.0 Å². The largest absolute Gasteiger partial charge is 0.361 e. The summed E-state index contributed by atoms with van der Waals surface area (Å²) < 4.78 is 143. The van der Waals surface area contributed by atoms with E-state index < -0.39 is 82.7 Å². The maximum Gasteiger partial charge on any atom is 0.215 e. The van der Waals surface area contributed by atoms with Gasteiger partial charge in [0.25, 0.3) is 0 Å². The average Bonchev–Trinajstić information content (AvgIpc) is 3.08. The first-order valence-corrected chi connectivity index (χ1v) is 6.70. The summed E-state index contributed by atoms with van der Waals surface area (Å²) in [6.07, 6.45) is -2.43. The highest BCUT2D eigenvalue weighted by Crippen LogP contribution is 2.21. The number of aryl methyl sites for hydroxylation is 1. The monoisotopic (exact) mass is 310 g/mol. The van der Waals surface area contributed by atoms with Crippen molar-refractivity contribution < 1.29 is 29.0 Å². The lowest BCUT2D eigenvalue weighted by molar-refractivity contribution is 0.414. The second-order valence-electron chi connectivity index (χ2n) is 3.71. The van der Waals surface area contributed by atoms with Gasteiger partial charge >= 0.3 is 0 Å². The van der Waals surface area contributed by atoms with Crippen LogP contribution in [0.3, 0.4) is 0 Å². The minimum absolute atomic E-state index is 0.119. The minimum atomic E-state index is -5.46. The molecule has 0 spiro atoms. The van der Waals surface area contributed by atoms with Crippen LogP contribution in [-0.4, -0.2) is 45.8 Å². The van der Waals surface area contributed by atoms with Crippen LogP contribution in [0.2, 0.25) is 0 Å². The molecule has 110 valence electrons. The number of fused-ring (bicyclic) bond motifs is 1. The van der Waals surface area contributed by atoms with E-state index in [2.05, 4.69) is 4.98 Å². The van der Waals surface area contributed by atoms with Crippen LogP contribution in [0, 0.1) is 0 Å². The number of hydrogen-bond acceptors (Lipinski definition) is 3. The van der Waals surface area contributed by atoms with Crippen molar-refractivity contribution in [3.8, 4) is 0 Å². The molecule has 0 saturated heterocycles. The molecular weight excluding hydrogens is 274 g/mol. The Balaban J connectivity index is 2.93. The van der Waals surface area contributed by atoms with Gasteiger partial charge in [-0.1, -0.05) is 6.04 Å². The number of aromatic nitrogens is 1. The molecule has 0 aliphatic heterocycles. The fourth-order valence-electron chi connectivity index (χ4n) is 1.39. The first kappa shape index (κ1) is 4.83. The predicted molar refractivity (Wildman–Crippen MR) is 82.2 cm³/mol. The van der Waals surface area contributed by atoms with Crippen LogP contribution in [0.1, 0.15) is 31.7 Å². The number of likely N-dealkylation sites (N-methyl/N-ethyl adjacent to an activating group) is 1. The van der Waals surface area contributed by atoms with Crippen molar-refractivity contribution in [2.45, 2.75) is 12.1 Å².